The molecule has 0 fully saturated rings. The molecule has 0 aliphatic rings. The first-order valence-electron chi connectivity index (χ1n) is 9.45. The summed E-state index contributed by atoms with van der Waals surface area (Å²) in [6.45, 7) is 2.40. The van der Waals surface area contributed by atoms with Gasteiger partial charge in [-0.05, 0) is 24.6 Å². The Balaban J connectivity index is 1.39. The Morgan fingerprint density at radius 1 is 1.14 bits per heavy atom. The normalized spacial score (nSPS) is 11.1. The van der Waals surface area contributed by atoms with Crippen molar-refractivity contribution in [1.29, 1.82) is 0 Å². The Morgan fingerprint density at radius 3 is 2.72 bits per heavy atom. The average molecular weight is 407 g/mol. The molecule has 29 heavy (non-hydrogen) atoms. The number of para-hydroxylation sites is 2. The van der Waals surface area contributed by atoms with Crippen LogP contribution < -0.4 is 11.0 Å². The molecule has 0 atom stereocenters. The van der Waals surface area contributed by atoms with E-state index in [1.54, 1.807) is 22.4 Å². The van der Waals surface area contributed by atoms with Crippen LogP contribution in [-0.2, 0) is 24.8 Å². The molecule has 0 radical (unpaired) electrons. The fourth-order valence-electron chi connectivity index (χ4n) is 3.44. The number of imidazole rings is 1. The van der Waals surface area contributed by atoms with Gasteiger partial charge in [0.2, 0.25) is 5.91 Å². The molecule has 1 amide bonds. The largest absolute Gasteiger partial charge is 0.328 e. The van der Waals surface area contributed by atoms with Gasteiger partial charge in [0, 0.05) is 37.5 Å². The molecule has 0 spiro atoms. The number of thiazole rings is 1. The molecule has 0 bridgehead atoms. The van der Waals surface area contributed by atoms with Crippen LogP contribution in [0, 0.1) is 6.92 Å². The lowest BCUT2D eigenvalue weighted by Gasteiger charge is -2.04. The summed E-state index contributed by atoms with van der Waals surface area (Å²) >= 11 is 1.48. The van der Waals surface area contributed by atoms with Crippen molar-refractivity contribution < 1.29 is 4.79 Å². The SMILES string of the molecule is Cc1cccc(Cc2cnc(NC(=O)CCn3c(=O)n(C)c4ccccc43)s2)c1. The van der Waals surface area contributed by atoms with Crippen molar-refractivity contribution in [3.05, 3.63) is 81.2 Å². The third-order valence-electron chi connectivity index (χ3n) is 4.87. The van der Waals surface area contributed by atoms with Crippen LogP contribution >= 0.6 is 11.3 Å². The molecule has 0 saturated heterocycles. The maximum absolute atomic E-state index is 12.4. The summed E-state index contributed by atoms with van der Waals surface area (Å²) in [4.78, 5) is 30.2. The first kappa shape index (κ1) is 19.1. The van der Waals surface area contributed by atoms with Gasteiger partial charge in [-0.1, -0.05) is 42.0 Å². The average Bonchev–Trinajstić information content (AvgIpc) is 3.23. The van der Waals surface area contributed by atoms with E-state index in [2.05, 4.69) is 35.4 Å². The fraction of sp³-hybridized carbons (Fsp3) is 0.227. The third-order valence-corrected chi connectivity index (χ3v) is 5.79. The Kier molecular flexibility index (Phi) is 5.31. The lowest BCUT2D eigenvalue weighted by atomic mass is 10.1. The Bertz CT molecular complexity index is 1240. The second-order valence-electron chi connectivity index (χ2n) is 7.08. The van der Waals surface area contributed by atoms with E-state index in [4.69, 9.17) is 0 Å². The molecule has 0 saturated carbocycles. The molecule has 7 heteroatoms. The number of rotatable bonds is 6. The molecule has 0 aliphatic carbocycles. The van der Waals surface area contributed by atoms with Gasteiger partial charge in [0.1, 0.15) is 0 Å². The molecule has 2 heterocycles. The van der Waals surface area contributed by atoms with Crippen LogP contribution in [0.2, 0.25) is 0 Å². The van der Waals surface area contributed by atoms with E-state index in [9.17, 15) is 9.59 Å². The first-order chi connectivity index (χ1) is 14.0. The minimum absolute atomic E-state index is 0.117. The highest BCUT2D eigenvalue weighted by Crippen LogP contribution is 2.22. The molecule has 6 nitrogen and oxygen atoms in total. The van der Waals surface area contributed by atoms with E-state index in [0.717, 1.165) is 22.3 Å². The second kappa shape index (κ2) is 8.05. The summed E-state index contributed by atoms with van der Waals surface area (Å²) in [6, 6.07) is 15.9. The van der Waals surface area contributed by atoms with Crippen molar-refractivity contribution in [1.82, 2.24) is 14.1 Å². The zero-order chi connectivity index (χ0) is 20.4. The lowest BCUT2D eigenvalue weighted by Crippen LogP contribution is -2.24. The Labute approximate surface area is 172 Å². The van der Waals surface area contributed by atoms with Crippen molar-refractivity contribution in [2.45, 2.75) is 26.3 Å². The van der Waals surface area contributed by atoms with E-state index in [1.165, 1.54) is 22.5 Å². The summed E-state index contributed by atoms with van der Waals surface area (Å²) in [5, 5.41) is 3.44. The smallest absolute Gasteiger partial charge is 0.302 e. The Hall–Kier alpha value is -3.19. The van der Waals surface area contributed by atoms with Crippen LogP contribution in [0.25, 0.3) is 11.0 Å². The van der Waals surface area contributed by atoms with E-state index in [1.807, 2.05) is 30.3 Å². The Morgan fingerprint density at radius 2 is 1.93 bits per heavy atom. The predicted octanol–water partition coefficient (Wildman–Crippen LogP) is 3.72. The number of carbonyl (C=O) groups is 1. The summed E-state index contributed by atoms with van der Waals surface area (Å²) in [6.07, 6.45) is 2.80. The number of anilines is 1. The van der Waals surface area contributed by atoms with Crippen molar-refractivity contribution in [2.75, 3.05) is 5.32 Å². The number of aryl methyl sites for hydroxylation is 3. The number of benzene rings is 2. The minimum atomic E-state index is -0.152. The highest BCUT2D eigenvalue weighted by molar-refractivity contribution is 7.15. The van der Waals surface area contributed by atoms with Gasteiger partial charge in [-0.25, -0.2) is 9.78 Å². The number of amides is 1. The topological polar surface area (TPSA) is 68.9 Å². The number of fused-ring (bicyclic) bond motifs is 1. The van der Waals surface area contributed by atoms with Gasteiger partial charge in [0.05, 0.1) is 11.0 Å². The fourth-order valence-corrected chi connectivity index (χ4v) is 4.31. The molecule has 1 N–H and O–H groups in total. The molecular formula is C22H22N4O2S. The van der Waals surface area contributed by atoms with E-state index < -0.39 is 0 Å². The molecule has 4 rings (SSSR count). The number of nitrogens with zero attached hydrogens (tertiary/aromatic N) is 3. The highest BCUT2D eigenvalue weighted by Gasteiger charge is 2.12. The van der Waals surface area contributed by atoms with Gasteiger partial charge >= 0.3 is 5.69 Å². The van der Waals surface area contributed by atoms with Gasteiger partial charge in [0.25, 0.3) is 0 Å². The number of carbonyl (C=O) groups excluding carboxylic acids is 1. The lowest BCUT2D eigenvalue weighted by molar-refractivity contribution is -0.116. The predicted molar refractivity (Wildman–Crippen MR) is 117 cm³/mol. The van der Waals surface area contributed by atoms with E-state index in [-0.39, 0.29) is 18.0 Å². The molecule has 0 unspecified atom stereocenters. The first-order valence-corrected chi connectivity index (χ1v) is 10.3. The van der Waals surface area contributed by atoms with Gasteiger partial charge in [-0.2, -0.15) is 0 Å². The van der Waals surface area contributed by atoms with Crippen LogP contribution in [0.4, 0.5) is 5.13 Å². The van der Waals surface area contributed by atoms with Crippen LogP contribution in [0.3, 0.4) is 0 Å². The van der Waals surface area contributed by atoms with Crippen LogP contribution in [0.15, 0.2) is 59.5 Å². The number of hydrogen-bond acceptors (Lipinski definition) is 4. The third kappa shape index (κ3) is 4.14. The highest BCUT2D eigenvalue weighted by atomic mass is 32.1. The van der Waals surface area contributed by atoms with Crippen LogP contribution in [0.1, 0.15) is 22.4 Å². The quantitative estimate of drug-likeness (QED) is 0.531. The summed E-state index contributed by atoms with van der Waals surface area (Å²) in [5.41, 5.74) is 4.03. The molecule has 4 aromatic rings. The monoisotopic (exact) mass is 406 g/mol. The summed E-state index contributed by atoms with van der Waals surface area (Å²) in [5.74, 6) is -0.152. The number of hydrogen-bond donors (Lipinski definition) is 1. The van der Waals surface area contributed by atoms with Gasteiger partial charge in [-0.3, -0.25) is 13.9 Å². The van der Waals surface area contributed by atoms with Crippen molar-refractivity contribution >= 4 is 33.4 Å². The molecule has 148 valence electrons. The minimum Gasteiger partial charge on any atom is -0.302 e. The molecule has 2 aromatic heterocycles. The summed E-state index contributed by atoms with van der Waals surface area (Å²) in [7, 11) is 1.74. The molecular weight excluding hydrogens is 384 g/mol. The summed E-state index contributed by atoms with van der Waals surface area (Å²) < 4.78 is 3.24. The second-order valence-corrected chi connectivity index (χ2v) is 8.19. The van der Waals surface area contributed by atoms with Crippen LogP contribution in [0.5, 0.6) is 0 Å². The standard InChI is InChI=1S/C22H22N4O2S/c1-15-6-5-7-16(12-15)13-17-14-23-21(29-17)24-20(27)10-11-26-19-9-4-3-8-18(19)25(2)22(26)28/h3-9,12,14H,10-11,13H2,1-2H3,(H,23,24,27). The molecule has 2 aromatic carbocycles. The van der Waals surface area contributed by atoms with E-state index >= 15 is 0 Å². The maximum atomic E-state index is 12.4. The molecule has 0 aliphatic heterocycles. The van der Waals surface area contributed by atoms with Gasteiger partial charge in [-0.15, -0.1) is 11.3 Å². The van der Waals surface area contributed by atoms with E-state index in [0.29, 0.717) is 11.7 Å². The zero-order valence-electron chi connectivity index (χ0n) is 16.4. The number of aromatic nitrogens is 3. The van der Waals surface area contributed by atoms with Crippen LogP contribution in [-0.4, -0.2) is 20.0 Å². The van der Waals surface area contributed by atoms with Gasteiger partial charge in [0.15, 0.2) is 5.13 Å². The zero-order valence-corrected chi connectivity index (χ0v) is 17.2. The number of nitrogens with one attached hydrogen (secondary N) is 1. The maximum Gasteiger partial charge on any atom is 0.328 e. The van der Waals surface area contributed by atoms with Crippen molar-refractivity contribution in [3.8, 4) is 0 Å². The van der Waals surface area contributed by atoms with Crippen molar-refractivity contribution in [3.63, 3.8) is 0 Å². The van der Waals surface area contributed by atoms with Gasteiger partial charge < -0.3 is 5.32 Å². The van der Waals surface area contributed by atoms with Crippen molar-refractivity contribution in [2.24, 2.45) is 7.05 Å².